The first-order chi connectivity index (χ1) is 14.8. The molecule has 0 saturated carbocycles. The predicted molar refractivity (Wildman–Crippen MR) is 115 cm³/mol. The van der Waals surface area contributed by atoms with Gasteiger partial charge in [-0.1, -0.05) is 0 Å². The van der Waals surface area contributed by atoms with Gasteiger partial charge in [0.2, 0.25) is 17.7 Å². The molecule has 12 heteroatoms. The monoisotopic (exact) mass is 454 g/mol. The highest BCUT2D eigenvalue weighted by Crippen LogP contribution is 2.06. The van der Waals surface area contributed by atoms with Gasteiger partial charge >= 0.3 is 5.97 Å². The fourth-order valence-corrected chi connectivity index (χ4v) is 3.65. The smallest absolute Gasteiger partial charge is 0.326 e. The summed E-state index contributed by atoms with van der Waals surface area (Å²) < 4.78 is 0. The van der Waals surface area contributed by atoms with E-state index in [0.29, 0.717) is 17.9 Å². The summed E-state index contributed by atoms with van der Waals surface area (Å²) in [4.78, 5) is 56.0. The molecule has 172 valence electrons. The van der Waals surface area contributed by atoms with Gasteiger partial charge in [0.15, 0.2) is 0 Å². The van der Waals surface area contributed by atoms with Crippen molar-refractivity contribution in [2.24, 2.45) is 0 Å². The molecule has 4 unspecified atom stereocenters. The molecule has 1 aliphatic rings. The van der Waals surface area contributed by atoms with Crippen LogP contribution in [0.15, 0.2) is 12.5 Å². The Labute approximate surface area is 184 Å². The minimum absolute atomic E-state index is 0.0945. The number of hydrogen-bond donors (Lipinski definition) is 6. The molecule has 4 atom stereocenters. The molecule has 1 aromatic rings. The number of aromatic nitrogens is 2. The average molecular weight is 455 g/mol. The number of nitrogens with zero attached hydrogens (tertiary/aromatic N) is 1. The summed E-state index contributed by atoms with van der Waals surface area (Å²) in [6, 6.07) is -3.29. The quantitative estimate of drug-likeness (QED) is 0.234. The number of carbonyl (C=O) groups is 4. The average Bonchev–Trinajstić information content (AvgIpc) is 3.44. The Bertz CT molecular complexity index is 753. The highest BCUT2D eigenvalue weighted by molar-refractivity contribution is 7.98. The summed E-state index contributed by atoms with van der Waals surface area (Å²) in [5, 5.41) is 20.2. The lowest BCUT2D eigenvalue weighted by molar-refractivity contribution is -0.142. The van der Waals surface area contributed by atoms with Gasteiger partial charge in [-0.25, -0.2) is 9.78 Å². The fourth-order valence-electron chi connectivity index (χ4n) is 3.18. The van der Waals surface area contributed by atoms with Gasteiger partial charge in [-0.3, -0.25) is 14.4 Å². The Hall–Kier alpha value is -2.60. The Morgan fingerprint density at radius 3 is 2.55 bits per heavy atom. The standard InChI is InChI=1S/C19H30N6O5S/c1-11(23-17(27)13-4-3-6-21-13)16(26)25-15(8-12-9-20-10-22-12)18(28)24-14(19(29)30)5-7-31-2/h9-11,13-15,21H,3-8H2,1-2H3,(H,20,22)(H,23,27)(H,24,28)(H,25,26)(H,29,30). The largest absolute Gasteiger partial charge is 0.480 e. The Balaban J connectivity index is 2.02. The second-order valence-corrected chi connectivity index (χ2v) is 8.39. The number of carboxylic acids is 1. The minimum Gasteiger partial charge on any atom is -0.480 e. The molecule has 0 spiro atoms. The van der Waals surface area contributed by atoms with Gasteiger partial charge in [0.05, 0.1) is 12.4 Å². The van der Waals surface area contributed by atoms with E-state index in [-0.39, 0.29) is 24.8 Å². The predicted octanol–water partition coefficient (Wildman–Crippen LogP) is -0.984. The van der Waals surface area contributed by atoms with Crippen LogP contribution in [0.1, 0.15) is 31.9 Å². The number of rotatable bonds is 12. The Morgan fingerprint density at radius 1 is 1.23 bits per heavy atom. The molecule has 1 fully saturated rings. The Morgan fingerprint density at radius 2 is 1.97 bits per heavy atom. The van der Waals surface area contributed by atoms with E-state index in [0.717, 1.165) is 13.0 Å². The molecule has 2 heterocycles. The van der Waals surface area contributed by atoms with Crippen molar-refractivity contribution in [1.82, 2.24) is 31.2 Å². The van der Waals surface area contributed by atoms with Crippen molar-refractivity contribution < 1.29 is 24.3 Å². The maximum absolute atomic E-state index is 12.8. The number of imidazole rings is 1. The first-order valence-electron chi connectivity index (χ1n) is 10.1. The van der Waals surface area contributed by atoms with Gasteiger partial charge in [-0.15, -0.1) is 0 Å². The van der Waals surface area contributed by atoms with Crippen LogP contribution >= 0.6 is 11.8 Å². The summed E-state index contributed by atoms with van der Waals surface area (Å²) in [6.45, 7) is 2.29. The maximum atomic E-state index is 12.8. The number of nitrogens with one attached hydrogen (secondary N) is 5. The van der Waals surface area contributed by atoms with Crippen molar-refractivity contribution in [1.29, 1.82) is 0 Å². The first kappa shape index (κ1) is 24.7. The Kier molecular flexibility index (Phi) is 9.79. The molecule has 0 aliphatic carbocycles. The van der Waals surface area contributed by atoms with Crippen LogP contribution in [0.25, 0.3) is 0 Å². The molecule has 11 nitrogen and oxygen atoms in total. The molecule has 3 amide bonds. The van der Waals surface area contributed by atoms with E-state index in [4.69, 9.17) is 0 Å². The van der Waals surface area contributed by atoms with Crippen LogP contribution in [0.4, 0.5) is 0 Å². The number of aliphatic carboxylic acids is 1. The molecule has 2 rings (SSSR count). The van der Waals surface area contributed by atoms with Gasteiger partial charge in [0.25, 0.3) is 0 Å². The van der Waals surface area contributed by atoms with E-state index in [9.17, 15) is 24.3 Å². The second kappa shape index (κ2) is 12.3. The van der Waals surface area contributed by atoms with E-state index < -0.39 is 35.9 Å². The van der Waals surface area contributed by atoms with Gasteiger partial charge in [0.1, 0.15) is 18.1 Å². The summed E-state index contributed by atoms with van der Waals surface area (Å²) in [6.07, 6.45) is 6.77. The summed E-state index contributed by atoms with van der Waals surface area (Å²) in [7, 11) is 0. The van der Waals surface area contributed by atoms with Crippen molar-refractivity contribution in [2.75, 3.05) is 18.6 Å². The van der Waals surface area contributed by atoms with Gasteiger partial charge in [0, 0.05) is 18.3 Å². The van der Waals surface area contributed by atoms with E-state index in [2.05, 4.69) is 31.2 Å². The highest BCUT2D eigenvalue weighted by atomic mass is 32.2. The van der Waals surface area contributed by atoms with E-state index in [1.165, 1.54) is 31.2 Å². The van der Waals surface area contributed by atoms with E-state index in [1.807, 2.05) is 6.26 Å². The number of aromatic amines is 1. The molecule has 0 bridgehead atoms. The van der Waals surface area contributed by atoms with Crippen molar-refractivity contribution in [3.8, 4) is 0 Å². The summed E-state index contributed by atoms with van der Waals surface area (Å²) in [5.74, 6) is -2.00. The van der Waals surface area contributed by atoms with Crippen molar-refractivity contribution in [3.05, 3.63) is 18.2 Å². The lowest BCUT2D eigenvalue weighted by Crippen LogP contribution is -2.57. The van der Waals surface area contributed by atoms with Gasteiger partial charge < -0.3 is 31.4 Å². The zero-order valence-corrected chi connectivity index (χ0v) is 18.5. The van der Waals surface area contributed by atoms with Gasteiger partial charge in [-0.05, 0) is 44.7 Å². The normalized spacial score (nSPS) is 18.6. The molecule has 1 aliphatic heterocycles. The maximum Gasteiger partial charge on any atom is 0.326 e. The number of thioether (sulfide) groups is 1. The molecular formula is C19H30N6O5S. The molecule has 0 radical (unpaired) electrons. The third kappa shape index (κ3) is 7.87. The van der Waals surface area contributed by atoms with Crippen LogP contribution in [-0.2, 0) is 25.6 Å². The van der Waals surface area contributed by atoms with Crippen LogP contribution in [-0.4, -0.2) is 81.5 Å². The number of carbonyl (C=O) groups excluding carboxylic acids is 3. The molecular weight excluding hydrogens is 424 g/mol. The number of hydrogen-bond acceptors (Lipinski definition) is 7. The van der Waals surface area contributed by atoms with Crippen LogP contribution < -0.4 is 21.3 Å². The lowest BCUT2D eigenvalue weighted by atomic mass is 10.1. The van der Waals surface area contributed by atoms with Crippen LogP contribution in [0, 0.1) is 0 Å². The fraction of sp³-hybridized carbons (Fsp3) is 0.632. The molecule has 1 saturated heterocycles. The first-order valence-corrected chi connectivity index (χ1v) is 11.5. The molecule has 0 aromatic carbocycles. The summed E-state index contributed by atoms with van der Waals surface area (Å²) >= 11 is 1.47. The van der Waals surface area contributed by atoms with Gasteiger partial charge in [-0.2, -0.15) is 11.8 Å². The molecule has 31 heavy (non-hydrogen) atoms. The lowest BCUT2D eigenvalue weighted by Gasteiger charge is -2.23. The zero-order valence-electron chi connectivity index (χ0n) is 17.6. The third-order valence-corrected chi connectivity index (χ3v) is 5.61. The SMILES string of the molecule is CSCCC(NC(=O)C(Cc1cnc[nH]1)NC(=O)C(C)NC(=O)C1CCCN1)C(=O)O. The number of carboxylic acid groups (broad SMARTS) is 1. The number of amides is 3. The molecule has 6 N–H and O–H groups in total. The second-order valence-electron chi connectivity index (χ2n) is 7.40. The van der Waals surface area contributed by atoms with Crippen molar-refractivity contribution in [2.45, 2.75) is 56.8 Å². The van der Waals surface area contributed by atoms with E-state index >= 15 is 0 Å². The zero-order chi connectivity index (χ0) is 22.8. The minimum atomic E-state index is -1.14. The number of H-pyrrole nitrogens is 1. The molecule has 1 aromatic heterocycles. The van der Waals surface area contributed by atoms with Crippen LogP contribution in [0.3, 0.4) is 0 Å². The highest BCUT2D eigenvalue weighted by Gasteiger charge is 2.30. The van der Waals surface area contributed by atoms with Crippen molar-refractivity contribution >= 4 is 35.5 Å². The van der Waals surface area contributed by atoms with E-state index in [1.54, 1.807) is 0 Å². The van der Waals surface area contributed by atoms with Crippen LogP contribution in [0.5, 0.6) is 0 Å². The van der Waals surface area contributed by atoms with Crippen LogP contribution in [0.2, 0.25) is 0 Å². The van der Waals surface area contributed by atoms with Crippen molar-refractivity contribution in [3.63, 3.8) is 0 Å². The topological polar surface area (TPSA) is 165 Å². The third-order valence-electron chi connectivity index (χ3n) is 4.97. The summed E-state index contributed by atoms with van der Waals surface area (Å²) in [5.41, 5.74) is 0.600.